The Kier molecular flexibility index (Phi) is 4.28. The highest BCUT2D eigenvalue weighted by molar-refractivity contribution is 5.93. The number of rotatable bonds is 5. The van der Waals surface area contributed by atoms with Crippen molar-refractivity contribution in [2.45, 2.75) is 6.54 Å². The molecule has 3 heteroatoms. The maximum atomic E-state index is 4.62. The topological polar surface area (TPSA) is 29.9 Å². The quantitative estimate of drug-likeness (QED) is 0.558. The van der Waals surface area contributed by atoms with Crippen LogP contribution in [0.5, 0.6) is 0 Å². The number of fused-ring (bicyclic) bond motifs is 1. The first-order chi connectivity index (χ1) is 12.8. The number of pyridine rings is 1. The molecular formula is C23H21N3. The van der Waals surface area contributed by atoms with Crippen molar-refractivity contribution in [3.63, 3.8) is 0 Å². The van der Waals surface area contributed by atoms with E-state index >= 15 is 0 Å². The summed E-state index contributed by atoms with van der Waals surface area (Å²) in [5.74, 6) is 0. The van der Waals surface area contributed by atoms with Crippen LogP contribution in [0.4, 0.5) is 0 Å². The molecular weight excluding hydrogens is 318 g/mol. The first kappa shape index (κ1) is 16.2. The standard InChI is InChI=1S/C23H21N3/c1-17(24-2)19-10-8-18(9-11-19)16-26-15-13-22-21(12-14-25-23(22)26)20-6-4-3-5-7-20/h3-15,24H,1,16H2,2H3. The monoisotopic (exact) mass is 339 g/mol. The number of nitrogens with one attached hydrogen (secondary N) is 1. The largest absolute Gasteiger partial charge is 0.388 e. The van der Waals surface area contributed by atoms with Gasteiger partial charge in [0.1, 0.15) is 5.65 Å². The summed E-state index contributed by atoms with van der Waals surface area (Å²) in [5.41, 5.74) is 6.72. The maximum Gasteiger partial charge on any atom is 0.140 e. The SMILES string of the molecule is C=C(NC)c1ccc(Cn2ccc3c(-c4ccccc4)ccnc32)cc1. The van der Waals surface area contributed by atoms with Crippen LogP contribution in [0.25, 0.3) is 27.9 Å². The zero-order valence-electron chi connectivity index (χ0n) is 14.8. The molecule has 3 nitrogen and oxygen atoms in total. The van der Waals surface area contributed by atoms with Crippen molar-refractivity contribution in [3.05, 3.63) is 96.8 Å². The number of aromatic nitrogens is 2. The minimum absolute atomic E-state index is 0.793. The normalized spacial score (nSPS) is 10.8. The van der Waals surface area contributed by atoms with Crippen molar-refractivity contribution >= 4 is 16.7 Å². The van der Waals surface area contributed by atoms with Crippen LogP contribution < -0.4 is 5.32 Å². The van der Waals surface area contributed by atoms with Crippen molar-refractivity contribution in [3.8, 4) is 11.1 Å². The van der Waals surface area contributed by atoms with Crippen LogP contribution in [0, 0.1) is 0 Å². The molecule has 2 aromatic carbocycles. The fraction of sp³-hybridized carbons (Fsp3) is 0.0870. The van der Waals surface area contributed by atoms with Gasteiger partial charge in [-0.3, -0.25) is 0 Å². The van der Waals surface area contributed by atoms with Crippen LogP contribution >= 0.6 is 0 Å². The molecule has 0 saturated heterocycles. The van der Waals surface area contributed by atoms with E-state index in [0.717, 1.165) is 23.5 Å². The molecule has 0 aliphatic heterocycles. The van der Waals surface area contributed by atoms with Gasteiger partial charge in [0.25, 0.3) is 0 Å². The van der Waals surface area contributed by atoms with E-state index < -0.39 is 0 Å². The van der Waals surface area contributed by atoms with Crippen LogP contribution in [0.3, 0.4) is 0 Å². The third kappa shape index (κ3) is 3.00. The first-order valence-corrected chi connectivity index (χ1v) is 8.71. The smallest absolute Gasteiger partial charge is 0.140 e. The number of benzene rings is 2. The van der Waals surface area contributed by atoms with Gasteiger partial charge in [-0.15, -0.1) is 0 Å². The van der Waals surface area contributed by atoms with Gasteiger partial charge < -0.3 is 9.88 Å². The van der Waals surface area contributed by atoms with Gasteiger partial charge in [0.2, 0.25) is 0 Å². The van der Waals surface area contributed by atoms with E-state index in [2.05, 4.69) is 88.3 Å². The number of hydrogen-bond acceptors (Lipinski definition) is 2. The highest BCUT2D eigenvalue weighted by Crippen LogP contribution is 2.28. The fourth-order valence-electron chi connectivity index (χ4n) is 3.24. The second-order valence-electron chi connectivity index (χ2n) is 6.33. The van der Waals surface area contributed by atoms with E-state index in [1.165, 1.54) is 22.1 Å². The summed E-state index contributed by atoms with van der Waals surface area (Å²) in [7, 11) is 1.89. The molecule has 2 aromatic heterocycles. The molecule has 4 rings (SSSR count). The minimum atomic E-state index is 0.793. The number of nitrogens with zero attached hydrogens (tertiary/aromatic N) is 2. The maximum absolute atomic E-state index is 4.62. The molecule has 0 amide bonds. The van der Waals surface area contributed by atoms with Gasteiger partial charge >= 0.3 is 0 Å². The fourth-order valence-corrected chi connectivity index (χ4v) is 3.24. The Morgan fingerprint density at radius 1 is 1.00 bits per heavy atom. The lowest BCUT2D eigenvalue weighted by Crippen LogP contribution is -2.03. The summed E-state index contributed by atoms with van der Waals surface area (Å²) >= 11 is 0. The Bertz CT molecular complexity index is 1040. The molecule has 0 aliphatic carbocycles. The predicted octanol–water partition coefficient (Wildman–Crippen LogP) is 4.94. The zero-order valence-corrected chi connectivity index (χ0v) is 14.8. The molecule has 0 fully saturated rings. The van der Waals surface area contributed by atoms with Crippen molar-refractivity contribution in [2.75, 3.05) is 7.05 Å². The minimum Gasteiger partial charge on any atom is -0.388 e. The van der Waals surface area contributed by atoms with E-state index in [4.69, 9.17) is 0 Å². The summed E-state index contributed by atoms with van der Waals surface area (Å²) in [6, 6.07) is 23.2. The van der Waals surface area contributed by atoms with Crippen molar-refractivity contribution in [1.29, 1.82) is 0 Å². The van der Waals surface area contributed by atoms with Gasteiger partial charge in [0, 0.05) is 37.1 Å². The van der Waals surface area contributed by atoms with Gasteiger partial charge in [-0.05, 0) is 34.4 Å². The molecule has 1 N–H and O–H groups in total. The van der Waals surface area contributed by atoms with E-state index in [9.17, 15) is 0 Å². The highest BCUT2D eigenvalue weighted by Gasteiger charge is 2.09. The van der Waals surface area contributed by atoms with Crippen LogP contribution in [-0.4, -0.2) is 16.6 Å². The Labute approximate surface area is 153 Å². The summed E-state index contributed by atoms with van der Waals surface area (Å²) in [4.78, 5) is 4.62. The Balaban J connectivity index is 1.67. The van der Waals surface area contributed by atoms with E-state index in [0.29, 0.717) is 0 Å². The second-order valence-corrected chi connectivity index (χ2v) is 6.33. The molecule has 0 bridgehead atoms. The zero-order chi connectivity index (χ0) is 17.9. The summed E-state index contributed by atoms with van der Waals surface area (Å²) < 4.78 is 2.20. The molecule has 0 saturated carbocycles. The summed E-state index contributed by atoms with van der Waals surface area (Å²) in [6.07, 6.45) is 4.01. The van der Waals surface area contributed by atoms with Gasteiger partial charge in [-0.1, -0.05) is 61.2 Å². The van der Waals surface area contributed by atoms with Gasteiger partial charge in [-0.25, -0.2) is 4.98 Å². The molecule has 26 heavy (non-hydrogen) atoms. The molecule has 4 aromatic rings. The van der Waals surface area contributed by atoms with E-state index in [1.54, 1.807) is 0 Å². The molecule has 2 heterocycles. The van der Waals surface area contributed by atoms with E-state index in [-0.39, 0.29) is 0 Å². The summed E-state index contributed by atoms with van der Waals surface area (Å²) in [5, 5.41) is 4.26. The van der Waals surface area contributed by atoms with Gasteiger partial charge in [0.15, 0.2) is 0 Å². The van der Waals surface area contributed by atoms with Crippen LogP contribution in [-0.2, 0) is 6.54 Å². The first-order valence-electron chi connectivity index (χ1n) is 8.71. The predicted molar refractivity (Wildman–Crippen MR) is 109 cm³/mol. The lowest BCUT2D eigenvalue weighted by Gasteiger charge is -2.09. The average molecular weight is 339 g/mol. The highest BCUT2D eigenvalue weighted by atomic mass is 15.0. The van der Waals surface area contributed by atoms with Crippen molar-refractivity contribution < 1.29 is 0 Å². The van der Waals surface area contributed by atoms with Gasteiger partial charge in [-0.2, -0.15) is 0 Å². The Morgan fingerprint density at radius 3 is 2.50 bits per heavy atom. The molecule has 0 aliphatic rings. The van der Waals surface area contributed by atoms with Crippen LogP contribution in [0.1, 0.15) is 11.1 Å². The van der Waals surface area contributed by atoms with Gasteiger partial charge in [0.05, 0.1) is 0 Å². The molecule has 0 radical (unpaired) electrons. The Morgan fingerprint density at radius 2 is 1.77 bits per heavy atom. The molecule has 0 atom stereocenters. The molecule has 0 spiro atoms. The lowest BCUT2D eigenvalue weighted by atomic mass is 10.0. The second kappa shape index (κ2) is 6.89. The van der Waals surface area contributed by atoms with E-state index in [1.807, 2.05) is 19.3 Å². The van der Waals surface area contributed by atoms with Crippen LogP contribution in [0.2, 0.25) is 0 Å². The van der Waals surface area contributed by atoms with Crippen molar-refractivity contribution in [1.82, 2.24) is 14.9 Å². The van der Waals surface area contributed by atoms with Crippen LogP contribution in [0.15, 0.2) is 85.7 Å². The Hall–Kier alpha value is -3.33. The van der Waals surface area contributed by atoms with Crippen molar-refractivity contribution in [2.24, 2.45) is 0 Å². The average Bonchev–Trinajstić information content (AvgIpc) is 3.11. The third-order valence-corrected chi connectivity index (χ3v) is 4.70. The summed E-state index contributed by atoms with van der Waals surface area (Å²) in [6.45, 7) is 4.79. The third-order valence-electron chi connectivity index (χ3n) is 4.70. The molecule has 128 valence electrons. The lowest BCUT2D eigenvalue weighted by molar-refractivity contribution is 0.825. The number of hydrogen-bond donors (Lipinski definition) is 1. The molecule has 0 unspecified atom stereocenters.